The predicted molar refractivity (Wildman–Crippen MR) is 142 cm³/mol. The van der Waals surface area contributed by atoms with Crippen molar-refractivity contribution in [3.8, 4) is 5.69 Å². The number of carbonyl (C=O) groups excluding carboxylic acids is 4. The van der Waals surface area contributed by atoms with E-state index in [-0.39, 0.29) is 30.7 Å². The average Bonchev–Trinajstić information content (AvgIpc) is 3.35. The Labute approximate surface area is 220 Å². The van der Waals surface area contributed by atoms with Crippen molar-refractivity contribution in [1.82, 2.24) is 19.7 Å². The van der Waals surface area contributed by atoms with Gasteiger partial charge in [-0.3, -0.25) is 19.2 Å². The van der Waals surface area contributed by atoms with Crippen LogP contribution in [-0.2, 0) is 14.4 Å². The minimum atomic E-state index is -1.54. The van der Waals surface area contributed by atoms with E-state index in [4.69, 9.17) is 5.73 Å². The van der Waals surface area contributed by atoms with Crippen LogP contribution in [0.3, 0.4) is 0 Å². The first-order valence-corrected chi connectivity index (χ1v) is 12.7. The van der Waals surface area contributed by atoms with E-state index in [1.54, 1.807) is 17.9 Å². The number of nitrogens with two attached hydrogens (primary N) is 1. The van der Waals surface area contributed by atoms with E-state index in [2.05, 4.69) is 5.32 Å². The number of amides is 4. The number of nitrogens with zero attached hydrogens (tertiary/aromatic N) is 3. The van der Waals surface area contributed by atoms with Gasteiger partial charge in [0, 0.05) is 62.0 Å². The summed E-state index contributed by atoms with van der Waals surface area (Å²) in [7, 11) is 0. The van der Waals surface area contributed by atoms with Crippen molar-refractivity contribution in [3.05, 3.63) is 65.9 Å². The van der Waals surface area contributed by atoms with E-state index in [0.717, 1.165) is 22.2 Å². The van der Waals surface area contributed by atoms with Crippen LogP contribution in [0.5, 0.6) is 0 Å². The van der Waals surface area contributed by atoms with Crippen LogP contribution in [0.2, 0.25) is 0 Å². The first-order valence-electron chi connectivity index (χ1n) is 12.7. The largest absolute Gasteiger partial charge is 0.370 e. The fourth-order valence-electron chi connectivity index (χ4n) is 4.60. The Hall–Kier alpha value is -4.21. The summed E-state index contributed by atoms with van der Waals surface area (Å²) in [5.74, 6) is -1.67. The molecule has 0 radical (unpaired) electrons. The molecule has 0 aliphatic carbocycles. The molecule has 1 saturated heterocycles. The third-order valence-corrected chi connectivity index (χ3v) is 6.89. The fourth-order valence-corrected chi connectivity index (χ4v) is 4.60. The Morgan fingerprint density at radius 1 is 0.947 bits per heavy atom. The van der Waals surface area contributed by atoms with Crippen molar-refractivity contribution in [1.29, 1.82) is 0 Å². The molecule has 2 unspecified atom stereocenters. The lowest BCUT2D eigenvalue weighted by Crippen LogP contribution is -2.52. The van der Waals surface area contributed by atoms with E-state index in [9.17, 15) is 23.6 Å². The van der Waals surface area contributed by atoms with Gasteiger partial charge in [-0.05, 0) is 55.8 Å². The zero-order valence-corrected chi connectivity index (χ0v) is 21.5. The van der Waals surface area contributed by atoms with Crippen LogP contribution >= 0.6 is 0 Å². The molecule has 3 N–H and O–H groups in total. The molecule has 1 aliphatic heterocycles. The molecule has 10 heteroatoms. The van der Waals surface area contributed by atoms with Gasteiger partial charge in [-0.15, -0.1) is 0 Å². The summed E-state index contributed by atoms with van der Waals surface area (Å²) in [6.45, 7) is 4.62. The number of hydrogen-bond donors (Lipinski definition) is 2. The van der Waals surface area contributed by atoms with Crippen molar-refractivity contribution < 1.29 is 23.6 Å². The second-order valence-corrected chi connectivity index (χ2v) is 9.51. The third-order valence-electron chi connectivity index (χ3n) is 6.89. The number of alkyl halides is 1. The van der Waals surface area contributed by atoms with Gasteiger partial charge in [-0.25, -0.2) is 4.39 Å². The van der Waals surface area contributed by atoms with Crippen molar-refractivity contribution in [2.75, 3.05) is 32.7 Å². The average molecular weight is 522 g/mol. The van der Waals surface area contributed by atoms with Crippen molar-refractivity contribution in [2.24, 2.45) is 5.73 Å². The molecule has 1 aliphatic rings. The highest BCUT2D eigenvalue weighted by molar-refractivity contribution is 5.98. The van der Waals surface area contributed by atoms with Gasteiger partial charge in [0.2, 0.25) is 11.8 Å². The van der Waals surface area contributed by atoms with Crippen LogP contribution in [-0.4, -0.2) is 76.9 Å². The van der Waals surface area contributed by atoms with Gasteiger partial charge < -0.3 is 25.4 Å². The molecular weight excluding hydrogens is 489 g/mol. The maximum atomic E-state index is 13.3. The molecule has 0 bridgehead atoms. The summed E-state index contributed by atoms with van der Waals surface area (Å²) < 4.78 is 15.3. The van der Waals surface area contributed by atoms with Crippen molar-refractivity contribution in [2.45, 2.75) is 32.4 Å². The number of carbonyl (C=O) groups is 4. The van der Waals surface area contributed by atoms with E-state index >= 15 is 0 Å². The van der Waals surface area contributed by atoms with E-state index in [0.29, 0.717) is 31.7 Å². The molecule has 38 heavy (non-hydrogen) atoms. The Bertz CT molecular complexity index is 1340. The molecule has 9 nitrogen and oxygen atoms in total. The molecule has 0 saturated carbocycles. The maximum Gasteiger partial charge on any atom is 0.256 e. The van der Waals surface area contributed by atoms with Crippen molar-refractivity contribution >= 4 is 34.5 Å². The minimum Gasteiger partial charge on any atom is -0.370 e. The molecule has 200 valence electrons. The van der Waals surface area contributed by atoms with Gasteiger partial charge in [-0.1, -0.05) is 12.1 Å². The molecule has 2 heterocycles. The Balaban J connectivity index is 1.42. The van der Waals surface area contributed by atoms with E-state index in [1.807, 2.05) is 53.2 Å². The van der Waals surface area contributed by atoms with Gasteiger partial charge in [0.25, 0.3) is 11.8 Å². The number of rotatable bonds is 8. The first kappa shape index (κ1) is 26.8. The fraction of sp³-hybridized carbons (Fsp3) is 0.357. The smallest absolute Gasteiger partial charge is 0.256 e. The van der Waals surface area contributed by atoms with Gasteiger partial charge in [0.15, 0.2) is 6.17 Å². The standard InChI is InChI=1S/C28H32FN5O4/c1-18(26(36)31-11-9-25(30)35)20-3-6-23(7-4-20)34-12-10-21-17-22(5-8-24(21)34)28(38)33-15-13-32(14-16-33)27(37)19(2)29/h3-8,10,12,17-19H,9,11,13-16H2,1-2H3,(H2,30,35)(H,31,36). The summed E-state index contributed by atoms with van der Waals surface area (Å²) in [5.41, 5.74) is 8.35. The van der Waals surface area contributed by atoms with E-state index in [1.165, 1.54) is 11.8 Å². The lowest BCUT2D eigenvalue weighted by atomic mass is 10.00. The summed E-state index contributed by atoms with van der Waals surface area (Å²) in [6.07, 6.45) is 0.488. The minimum absolute atomic E-state index is 0.100. The van der Waals surface area contributed by atoms with E-state index < -0.39 is 18.0 Å². The monoisotopic (exact) mass is 521 g/mol. The van der Waals surface area contributed by atoms with Crippen LogP contribution in [0.15, 0.2) is 54.7 Å². The Morgan fingerprint density at radius 3 is 2.24 bits per heavy atom. The van der Waals surface area contributed by atoms with Crippen LogP contribution < -0.4 is 11.1 Å². The predicted octanol–water partition coefficient (Wildman–Crippen LogP) is 2.37. The number of hydrogen-bond acceptors (Lipinski definition) is 4. The second-order valence-electron chi connectivity index (χ2n) is 9.51. The Kier molecular flexibility index (Phi) is 8.09. The molecule has 4 amide bonds. The molecule has 3 aromatic rings. The zero-order valence-electron chi connectivity index (χ0n) is 21.5. The van der Waals surface area contributed by atoms with Crippen LogP contribution in [0.25, 0.3) is 16.6 Å². The number of primary amides is 1. The molecular formula is C28H32FN5O4. The number of halogens is 1. The zero-order chi connectivity index (χ0) is 27.4. The maximum absolute atomic E-state index is 13.3. The molecule has 2 atom stereocenters. The lowest BCUT2D eigenvalue weighted by Gasteiger charge is -2.35. The van der Waals surface area contributed by atoms with Gasteiger partial charge in [-0.2, -0.15) is 0 Å². The molecule has 1 aromatic heterocycles. The molecule has 2 aromatic carbocycles. The lowest BCUT2D eigenvalue weighted by molar-refractivity contribution is -0.137. The van der Waals surface area contributed by atoms with Gasteiger partial charge in [0.05, 0.1) is 11.4 Å². The SMILES string of the molecule is CC(F)C(=O)N1CCN(C(=O)c2ccc3c(ccn3-c3ccc(C(C)C(=O)NCCC(N)=O)cc3)c2)CC1. The van der Waals surface area contributed by atoms with Crippen LogP contribution in [0.1, 0.15) is 42.1 Å². The number of benzene rings is 2. The topological polar surface area (TPSA) is 118 Å². The number of piperazine rings is 1. The Morgan fingerprint density at radius 2 is 1.61 bits per heavy atom. The highest BCUT2D eigenvalue weighted by Crippen LogP contribution is 2.24. The summed E-state index contributed by atoms with van der Waals surface area (Å²) in [4.78, 5) is 51.3. The number of fused-ring (bicyclic) bond motifs is 1. The second kappa shape index (κ2) is 11.5. The number of nitrogens with one attached hydrogen (secondary N) is 1. The van der Waals surface area contributed by atoms with Crippen LogP contribution in [0, 0.1) is 0 Å². The number of aromatic nitrogens is 1. The highest BCUT2D eigenvalue weighted by Gasteiger charge is 2.27. The first-order chi connectivity index (χ1) is 18.2. The normalized spacial score (nSPS) is 15.2. The molecule has 1 fully saturated rings. The highest BCUT2D eigenvalue weighted by atomic mass is 19.1. The van der Waals surface area contributed by atoms with Crippen LogP contribution in [0.4, 0.5) is 4.39 Å². The van der Waals surface area contributed by atoms with Gasteiger partial charge in [0.1, 0.15) is 0 Å². The molecule has 0 spiro atoms. The summed E-state index contributed by atoms with van der Waals surface area (Å²) in [6, 6.07) is 15.1. The third kappa shape index (κ3) is 5.85. The quantitative estimate of drug-likeness (QED) is 0.473. The van der Waals surface area contributed by atoms with Crippen molar-refractivity contribution in [3.63, 3.8) is 0 Å². The molecule has 4 rings (SSSR count). The summed E-state index contributed by atoms with van der Waals surface area (Å²) in [5, 5.41) is 3.62. The summed E-state index contributed by atoms with van der Waals surface area (Å²) >= 11 is 0. The van der Waals surface area contributed by atoms with Gasteiger partial charge >= 0.3 is 0 Å².